The number of methoxy groups -OCH3 is 1. The number of anilines is 1. The van der Waals surface area contributed by atoms with Gasteiger partial charge in [0.15, 0.2) is 15.9 Å². The van der Waals surface area contributed by atoms with Gasteiger partial charge in [-0.2, -0.15) is 0 Å². The number of aromatic nitrogens is 2. The van der Waals surface area contributed by atoms with Crippen LogP contribution in [0.15, 0.2) is 107 Å². The zero-order valence-corrected chi connectivity index (χ0v) is 22.0. The number of amides is 1. The van der Waals surface area contributed by atoms with Crippen LogP contribution in [0.4, 0.5) is 5.13 Å². The zero-order valence-electron chi connectivity index (χ0n) is 20.4. The van der Waals surface area contributed by atoms with Crippen LogP contribution in [0.3, 0.4) is 0 Å². The minimum absolute atomic E-state index is 0.0240. The Bertz CT molecular complexity index is 1520. The molecular formula is C29H23N3O4S2. The van der Waals surface area contributed by atoms with E-state index in [1.165, 1.54) is 34.1 Å². The molecule has 1 amide bonds. The van der Waals surface area contributed by atoms with E-state index in [9.17, 15) is 14.7 Å². The fraction of sp³-hybridized carbons (Fsp3) is 0.103. The van der Waals surface area contributed by atoms with Gasteiger partial charge < -0.3 is 9.84 Å². The summed E-state index contributed by atoms with van der Waals surface area (Å²) in [6.45, 7) is 0. The summed E-state index contributed by atoms with van der Waals surface area (Å²) in [5.74, 6) is -0.526. The van der Waals surface area contributed by atoms with Crippen LogP contribution >= 0.6 is 23.1 Å². The standard InChI is InChI=1S/C29H23N3O4S2/c1-36-22-14-8-13-21(17-22)25-24(23(33)16-15-19-9-4-2-5-10-19)26(34)27(35)32(25)28-30-31-29(38-28)37-18-20-11-6-3-7-12-20/h2-17,25,34H,18H2,1H3/b16-15+. The molecule has 190 valence electrons. The molecule has 0 bridgehead atoms. The smallest absolute Gasteiger partial charge is 0.296 e. The summed E-state index contributed by atoms with van der Waals surface area (Å²) in [6.07, 6.45) is 3.02. The van der Waals surface area contributed by atoms with Crippen molar-refractivity contribution in [2.75, 3.05) is 12.0 Å². The molecule has 38 heavy (non-hydrogen) atoms. The number of carbonyl (C=O) groups is 2. The largest absolute Gasteiger partial charge is 0.503 e. The second-order valence-corrected chi connectivity index (χ2v) is 10.5. The first-order chi connectivity index (χ1) is 18.5. The molecule has 9 heteroatoms. The molecule has 0 radical (unpaired) electrons. The van der Waals surface area contributed by atoms with Crippen LogP contribution in [0, 0.1) is 0 Å². The number of carbonyl (C=O) groups excluding carboxylic acids is 2. The molecule has 1 atom stereocenters. The summed E-state index contributed by atoms with van der Waals surface area (Å²) in [7, 11) is 1.54. The fourth-order valence-electron chi connectivity index (χ4n) is 4.08. The van der Waals surface area contributed by atoms with E-state index in [1.54, 1.807) is 37.5 Å². The van der Waals surface area contributed by atoms with Gasteiger partial charge in [-0.05, 0) is 34.9 Å². The van der Waals surface area contributed by atoms with Gasteiger partial charge >= 0.3 is 0 Å². The first-order valence-electron chi connectivity index (χ1n) is 11.7. The highest BCUT2D eigenvalue weighted by atomic mass is 32.2. The topological polar surface area (TPSA) is 92.6 Å². The third-order valence-corrected chi connectivity index (χ3v) is 8.04. The molecule has 1 unspecified atom stereocenters. The maximum atomic E-state index is 13.4. The van der Waals surface area contributed by atoms with Gasteiger partial charge in [-0.3, -0.25) is 14.5 Å². The number of hydrogen-bond donors (Lipinski definition) is 1. The Hall–Kier alpha value is -4.21. The average molecular weight is 542 g/mol. The SMILES string of the molecule is COc1cccc(C2C(C(=O)/C=C/c3ccccc3)=C(O)C(=O)N2c2nnc(SCc3ccccc3)s2)c1. The minimum atomic E-state index is -0.898. The number of rotatable bonds is 9. The molecule has 1 aromatic heterocycles. The highest BCUT2D eigenvalue weighted by molar-refractivity contribution is 8.00. The number of aliphatic hydroxyl groups is 1. The van der Waals surface area contributed by atoms with Crippen molar-refractivity contribution in [3.63, 3.8) is 0 Å². The monoisotopic (exact) mass is 541 g/mol. The summed E-state index contributed by atoms with van der Waals surface area (Å²) < 4.78 is 6.05. The Morgan fingerprint density at radius 3 is 2.53 bits per heavy atom. The molecular weight excluding hydrogens is 518 g/mol. The number of thioether (sulfide) groups is 1. The molecule has 0 saturated heterocycles. The lowest BCUT2D eigenvalue weighted by molar-refractivity contribution is -0.117. The Labute approximate surface area is 228 Å². The second-order valence-electron chi connectivity index (χ2n) is 8.35. The number of nitrogens with zero attached hydrogens (tertiary/aromatic N) is 3. The molecule has 0 aliphatic carbocycles. The van der Waals surface area contributed by atoms with Crippen molar-refractivity contribution in [1.82, 2.24) is 10.2 Å². The normalized spacial score (nSPS) is 15.4. The number of ketones is 1. The average Bonchev–Trinajstić information content (AvgIpc) is 3.53. The van der Waals surface area contributed by atoms with Crippen LogP contribution in [0.5, 0.6) is 5.75 Å². The molecule has 1 aliphatic heterocycles. The molecule has 2 heterocycles. The van der Waals surface area contributed by atoms with E-state index in [0.717, 1.165) is 11.1 Å². The predicted octanol–water partition coefficient (Wildman–Crippen LogP) is 6.02. The second kappa shape index (κ2) is 11.5. The van der Waals surface area contributed by atoms with Crippen molar-refractivity contribution in [3.05, 3.63) is 119 Å². The summed E-state index contributed by atoms with van der Waals surface area (Å²) in [5, 5.41) is 19.7. The van der Waals surface area contributed by atoms with Gasteiger partial charge in [0, 0.05) is 5.75 Å². The minimum Gasteiger partial charge on any atom is -0.503 e. The van der Waals surface area contributed by atoms with Gasteiger partial charge in [-0.25, -0.2) is 0 Å². The Kier molecular flexibility index (Phi) is 7.67. The predicted molar refractivity (Wildman–Crippen MR) is 149 cm³/mol. The van der Waals surface area contributed by atoms with Gasteiger partial charge in [0.05, 0.1) is 18.7 Å². The van der Waals surface area contributed by atoms with E-state index in [2.05, 4.69) is 10.2 Å². The highest BCUT2D eigenvalue weighted by Crippen LogP contribution is 2.43. The Morgan fingerprint density at radius 2 is 1.79 bits per heavy atom. The fourth-order valence-corrected chi connectivity index (χ4v) is 5.91. The van der Waals surface area contributed by atoms with Crippen molar-refractivity contribution in [1.29, 1.82) is 0 Å². The van der Waals surface area contributed by atoms with Crippen LogP contribution in [0.2, 0.25) is 0 Å². The van der Waals surface area contributed by atoms with Crippen LogP contribution < -0.4 is 9.64 Å². The number of allylic oxidation sites excluding steroid dienone is 1. The summed E-state index contributed by atoms with van der Waals surface area (Å²) in [6, 6.07) is 25.5. The lowest BCUT2D eigenvalue weighted by Crippen LogP contribution is -2.30. The molecule has 4 aromatic rings. The highest BCUT2D eigenvalue weighted by Gasteiger charge is 2.45. The maximum absolute atomic E-state index is 13.4. The van der Waals surface area contributed by atoms with Crippen LogP contribution in [-0.2, 0) is 15.3 Å². The number of ether oxygens (including phenoxy) is 1. The molecule has 1 aliphatic rings. The Morgan fingerprint density at radius 1 is 1.05 bits per heavy atom. The van der Waals surface area contributed by atoms with E-state index >= 15 is 0 Å². The van der Waals surface area contributed by atoms with Crippen LogP contribution in [0.25, 0.3) is 6.08 Å². The van der Waals surface area contributed by atoms with Crippen molar-refractivity contribution in [2.45, 2.75) is 16.1 Å². The maximum Gasteiger partial charge on any atom is 0.296 e. The molecule has 0 spiro atoms. The van der Waals surface area contributed by atoms with Gasteiger partial charge in [0.1, 0.15) is 5.75 Å². The first-order valence-corrected chi connectivity index (χ1v) is 13.5. The molecule has 0 fully saturated rings. The van der Waals surface area contributed by atoms with Crippen molar-refractivity contribution >= 4 is 46.0 Å². The third kappa shape index (κ3) is 5.39. The van der Waals surface area contributed by atoms with Gasteiger partial charge in [0.25, 0.3) is 5.91 Å². The van der Waals surface area contributed by atoms with E-state index < -0.39 is 23.5 Å². The first kappa shape index (κ1) is 25.4. The summed E-state index contributed by atoms with van der Waals surface area (Å²) >= 11 is 2.74. The molecule has 7 nitrogen and oxygen atoms in total. The quantitative estimate of drug-likeness (QED) is 0.157. The van der Waals surface area contributed by atoms with Gasteiger partial charge in [-0.15, -0.1) is 10.2 Å². The van der Waals surface area contributed by atoms with Gasteiger partial charge in [-0.1, -0.05) is 102 Å². The lowest BCUT2D eigenvalue weighted by atomic mass is 9.95. The lowest BCUT2D eigenvalue weighted by Gasteiger charge is -2.24. The van der Waals surface area contributed by atoms with E-state index in [0.29, 0.717) is 26.5 Å². The number of benzene rings is 3. The summed E-state index contributed by atoms with van der Waals surface area (Å²) in [4.78, 5) is 28.1. The molecule has 1 N–H and O–H groups in total. The number of aliphatic hydroxyl groups excluding tert-OH is 1. The molecule has 3 aromatic carbocycles. The third-order valence-electron chi connectivity index (χ3n) is 5.92. The van der Waals surface area contributed by atoms with E-state index in [4.69, 9.17) is 4.74 Å². The van der Waals surface area contributed by atoms with Gasteiger partial charge in [0.2, 0.25) is 5.13 Å². The van der Waals surface area contributed by atoms with E-state index in [-0.39, 0.29) is 5.57 Å². The van der Waals surface area contributed by atoms with E-state index in [1.807, 2.05) is 60.7 Å². The Balaban J connectivity index is 1.48. The van der Waals surface area contributed by atoms with Crippen molar-refractivity contribution in [2.24, 2.45) is 0 Å². The van der Waals surface area contributed by atoms with Crippen LogP contribution in [0.1, 0.15) is 22.7 Å². The van der Waals surface area contributed by atoms with Crippen molar-refractivity contribution < 1.29 is 19.4 Å². The zero-order chi connectivity index (χ0) is 26.5. The molecule has 0 saturated carbocycles. The van der Waals surface area contributed by atoms with Crippen molar-refractivity contribution in [3.8, 4) is 5.75 Å². The summed E-state index contributed by atoms with van der Waals surface area (Å²) in [5.41, 5.74) is 2.54. The number of hydrogen-bond acceptors (Lipinski definition) is 8. The molecule has 5 rings (SSSR count). The van der Waals surface area contributed by atoms with Crippen LogP contribution in [-0.4, -0.2) is 34.1 Å².